The van der Waals surface area contributed by atoms with Gasteiger partial charge >= 0.3 is 0 Å². The molecule has 23 heavy (non-hydrogen) atoms. The van der Waals surface area contributed by atoms with Crippen LogP contribution in [0.1, 0.15) is 30.1 Å². The maximum atomic E-state index is 14.2. The number of Topliss-reactive ketones (excluding diaryl/α,β-unsaturated/α-hetero) is 1. The number of hydrogen-bond donors (Lipinski definition) is 0. The second kappa shape index (κ2) is 6.66. The quantitative estimate of drug-likeness (QED) is 0.798. The standard InChI is InChI=1S/C17H21FN2O3/c1-12(21)13-4-5-15(14(18)11-13)19-6-8-20(9-7-19)17(22)16-3-2-10-23-16/h4-5,11,16H,2-3,6-10H2,1H3. The average Bonchev–Trinajstić information content (AvgIpc) is 3.08. The first-order valence-electron chi connectivity index (χ1n) is 8.02. The molecule has 2 heterocycles. The van der Waals surface area contributed by atoms with E-state index in [1.54, 1.807) is 17.0 Å². The molecule has 1 atom stereocenters. The highest BCUT2D eigenvalue weighted by Crippen LogP contribution is 2.23. The second-order valence-electron chi connectivity index (χ2n) is 6.04. The van der Waals surface area contributed by atoms with Crippen molar-refractivity contribution in [2.24, 2.45) is 0 Å². The lowest BCUT2D eigenvalue weighted by atomic mass is 10.1. The van der Waals surface area contributed by atoms with Crippen LogP contribution < -0.4 is 4.90 Å². The van der Waals surface area contributed by atoms with E-state index in [1.807, 2.05) is 4.90 Å². The van der Waals surface area contributed by atoms with Crippen molar-refractivity contribution in [1.29, 1.82) is 0 Å². The SMILES string of the molecule is CC(=O)c1ccc(N2CCN(C(=O)C3CCCO3)CC2)c(F)c1. The van der Waals surface area contributed by atoms with Crippen molar-refractivity contribution in [3.63, 3.8) is 0 Å². The van der Waals surface area contributed by atoms with Crippen LogP contribution in [-0.4, -0.2) is 55.5 Å². The molecule has 0 aliphatic carbocycles. The zero-order valence-electron chi connectivity index (χ0n) is 13.3. The summed E-state index contributed by atoms with van der Waals surface area (Å²) in [6, 6.07) is 4.57. The molecule has 0 spiro atoms. The van der Waals surface area contributed by atoms with Crippen LogP contribution in [-0.2, 0) is 9.53 Å². The predicted octanol–water partition coefficient (Wildman–Crippen LogP) is 1.86. The van der Waals surface area contributed by atoms with E-state index >= 15 is 0 Å². The van der Waals surface area contributed by atoms with Crippen LogP contribution in [0.25, 0.3) is 0 Å². The highest BCUT2D eigenvalue weighted by atomic mass is 19.1. The van der Waals surface area contributed by atoms with Crippen molar-refractivity contribution in [3.8, 4) is 0 Å². The van der Waals surface area contributed by atoms with E-state index in [1.165, 1.54) is 13.0 Å². The molecule has 124 valence electrons. The summed E-state index contributed by atoms with van der Waals surface area (Å²) in [6.07, 6.45) is 1.43. The number of ketones is 1. The molecule has 2 fully saturated rings. The smallest absolute Gasteiger partial charge is 0.251 e. The average molecular weight is 320 g/mol. The van der Waals surface area contributed by atoms with Gasteiger partial charge in [0.05, 0.1) is 5.69 Å². The third kappa shape index (κ3) is 3.37. The maximum absolute atomic E-state index is 14.2. The highest BCUT2D eigenvalue weighted by Gasteiger charge is 2.30. The largest absolute Gasteiger partial charge is 0.368 e. The monoisotopic (exact) mass is 320 g/mol. The van der Waals surface area contributed by atoms with E-state index in [-0.39, 0.29) is 17.8 Å². The Hall–Kier alpha value is -1.95. The van der Waals surface area contributed by atoms with E-state index in [4.69, 9.17) is 4.74 Å². The summed E-state index contributed by atoms with van der Waals surface area (Å²) in [6.45, 7) is 4.36. The highest BCUT2D eigenvalue weighted by molar-refractivity contribution is 5.94. The van der Waals surface area contributed by atoms with Crippen LogP contribution in [0.3, 0.4) is 0 Å². The first kappa shape index (κ1) is 15.9. The number of anilines is 1. The minimum absolute atomic E-state index is 0.0505. The molecule has 1 aromatic rings. The van der Waals surface area contributed by atoms with Gasteiger partial charge in [0.25, 0.3) is 5.91 Å². The molecule has 0 saturated carbocycles. The van der Waals surface area contributed by atoms with Gasteiger partial charge in [-0.25, -0.2) is 4.39 Å². The molecule has 5 nitrogen and oxygen atoms in total. The number of nitrogens with zero attached hydrogens (tertiary/aromatic N) is 2. The lowest BCUT2D eigenvalue weighted by Crippen LogP contribution is -2.51. The van der Waals surface area contributed by atoms with E-state index < -0.39 is 5.82 Å². The maximum Gasteiger partial charge on any atom is 0.251 e. The van der Waals surface area contributed by atoms with Gasteiger partial charge in [-0.1, -0.05) is 0 Å². The topological polar surface area (TPSA) is 49.9 Å². The summed E-state index contributed by atoms with van der Waals surface area (Å²) >= 11 is 0. The van der Waals surface area contributed by atoms with Gasteiger partial charge in [-0.2, -0.15) is 0 Å². The molecule has 3 rings (SSSR count). The lowest BCUT2D eigenvalue weighted by Gasteiger charge is -2.37. The fraction of sp³-hybridized carbons (Fsp3) is 0.529. The van der Waals surface area contributed by atoms with Crippen molar-refractivity contribution in [3.05, 3.63) is 29.6 Å². The summed E-state index contributed by atoms with van der Waals surface area (Å²) < 4.78 is 19.6. The molecule has 6 heteroatoms. The number of carbonyl (C=O) groups excluding carboxylic acids is 2. The number of amides is 1. The van der Waals surface area contributed by atoms with Gasteiger partial charge in [-0.3, -0.25) is 9.59 Å². The Balaban J connectivity index is 1.62. The van der Waals surface area contributed by atoms with E-state index in [9.17, 15) is 14.0 Å². The number of carbonyl (C=O) groups is 2. The Morgan fingerprint density at radius 3 is 2.52 bits per heavy atom. The summed E-state index contributed by atoms with van der Waals surface area (Å²) in [5.74, 6) is -0.492. The number of rotatable bonds is 3. The first-order chi connectivity index (χ1) is 11.1. The van der Waals surface area contributed by atoms with Gasteiger partial charge in [-0.15, -0.1) is 0 Å². The Labute approximate surface area is 135 Å². The molecule has 2 aliphatic heterocycles. The van der Waals surface area contributed by atoms with Gasteiger partial charge < -0.3 is 14.5 Å². The van der Waals surface area contributed by atoms with Gasteiger partial charge in [0, 0.05) is 38.3 Å². The first-order valence-corrected chi connectivity index (χ1v) is 8.02. The third-order valence-corrected chi connectivity index (χ3v) is 4.49. The Bertz CT molecular complexity index is 606. The molecule has 2 saturated heterocycles. The summed E-state index contributed by atoms with van der Waals surface area (Å²) in [7, 11) is 0. The minimum Gasteiger partial charge on any atom is -0.368 e. The Morgan fingerprint density at radius 2 is 1.96 bits per heavy atom. The molecule has 1 aromatic carbocycles. The molecule has 1 unspecified atom stereocenters. The fourth-order valence-electron chi connectivity index (χ4n) is 3.13. The lowest BCUT2D eigenvalue weighted by molar-refractivity contribution is -0.141. The van der Waals surface area contributed by atoms with Gasteiger partial charge in [-0.05, 0) is 38.0 Å². The molecular weight excluding hydrogens is 299 g/mol. The predicted molar refractivity (Wildman–Crippen MR) is 84.2 cm³/mol. The molecule has 0 aromatic heterocycles. The number of piperazine rings is 1. The summed E-state index contributed by atoms with van der Waals surface area (Å²) in [5.41, 5.74) is 0.859. The number of ether oxygens (including phenoxy) is 1. The number of benzene rings is 1. The molecular formula is C17H21FN2O3. The minimum atomic E-state index is -0.392. The van der Waals surface area contributed by atoms with Crippen molar-refractivity contribution in [2.45, 2.75) is 25.9 Å². The number of hydrogen-bond acceptors (Lipinski definition) is 4. The molecule has 0 bridgehead atoms. The van der Waals surface area contributed by atoms with Crippen LogP contribution in [0.2, 0.25) is 0 Å². The van der Waals surface area contributed by atoms with Crippen molar-refractivity contribution in [2.75, 3.05) is 37.7 Å². The normalized spacial score (nSPS) is 21.6. The second-order valence-corrected chi connectivity index (χ2v) is 6.04. The zero-order valence-corrected chi connectivity index (χ0v) is 13.3. The van der Waals surface area contributed by atoms with Gasteiger partial charge in [0.2, 0.25) is 0 Å². The molecule has 1 amide bonds. The summed E-state index contributed by atoms with van der Waals surface area (Å²) in [5, 5.41) is 0. The zero-order chi connectivity index (χ0) is 16.4. The Morgan fingerprint density at radius 1 is 1.22 bits per heavy atom. The van der Waals surface area contributed by atoms with Crippen molar-refractivity contribution in [1.82, 2.24) is 4.90 Å². The van der Waals surface area contributed by atoms with Crippen LogP contribution in [0.4, 0.5) is 10.1 Å². The van der Waals surface area contributed by atoms with Crippen LogP contribution in [0.5, 0.6) is 0 Å². The van der Waals surface area contributed by atoms with Crippen LogP contribution >= 0.6 is 0 Å². The molecule has 0 N–H and O–H groups in total. The van der Waals surface area contributed by atoms with Crippen LogP contribution in [0.15, 0.2) is 18.2 Å². The van der Waals surface area contributed by atoms with Crippen LogP contribution in [0, 0.1) is 5.82 Å². The van der Waals surface area contributed by atoms with E-state index in [2.05, 4.69) is 0 Å². The van der Waals surface area contributed by atoms with Crippen molar-refractivity contribution < 1.29 is 18.7 Å². The van der Waals surface area contributed by atoms with Gasteiger partial charge in [0.15, 0.2) is 5.78 Å². The van der Waals surface area contributed by atoms with E-state index in [0.717, 1.165) is 12.8 Å². The third-order valence-electron chi connectivity index (χ3n) is 4.49. The van der Waals surface area contributed by atoms with E-state index in [0.29, 0.717) is 44.0 Å². The fourth-order valence-corrected chi connectivity index (χ4v) is 3.13. The molecule has 0 radical (unpaired) electrons. The molecule has 2 aliphatic rings. The summed E-state index contributed by atoms with van der Waals surface area (Å²) in [4.78, 5) is 27.3. The van der Waals surface area contributed by atoms with Gasteiger partial charge in [0.1, 0.15) is 11.9 Å². The van der Waals surface area contributed by atoms with Crippen molar-refractivity contribution >= 4 is 17.4 Å². The Kier molecular flexibility index (Phi) is 4.61. The number of halogens is 1.